The van der Waals surface area contributed by atoms with E-state index in [1.54, 1.807) is 0 Å². The van der Waals surface area contributed by atoms with Gasteiger partial charge in [-0.15, -0.1) is 0 Å². The summed E-state index contributed by atoms with van der Waals surface area (Å²) in [6, 6.07) is 5.72. The summed E-state index contributed by atoms with van der Waals surface area (Å²) in [7, 11) is 1.48. The first-order valence-corrected chi connectivity index (χ1v) is 15.4. The van der Waals surface area contributed by atoms with Crippen molar-refractivity contribution < 1.29 is 33.1 Å². The Balaban J connectivity index is 1.99. The van der Waals surface area contributed by atoms with Crippen LogP contribution in [0.4, 0.5) is 9.59 Å². The molecule has 39 heavy (non-hydrogen) atoms. The minimum Gasteiger partial charge on any atom is -0.440 e. The lowest BCUT2D eigenvalue weighted by atomic mass is 10.0. The van der Waals surface area contributed by atoms with E-state index in [9.17, 15) is 9.59 Å². The number of nitrogens with zero attached hydrogens (tertiary/aromatic N) is 1. The van der Waals surface area contributed by atoms with E-state index in [0.717, 1.165) is 12.8 Å². The minimum absolute atomic E-state index is 0.121. The van der Waals surface area contributed by atoms with Crippen molar-refractivity contribution in [3.63, 3.8) is 0 Å². The van der Waals surface area contributed by atoms with E-state index < -0.39 is 18.4 Å². The highest BCUT2D eigenvalue weighted by Crippen LogP contribution is 2.13. The Labute approximate surface area is 237 Å². The van der Waals surface area contributed by atoms with Gasteiger partial charge in [-0.1, -0.05) is 109 Å². The molecule has 8 heteroatoms. The molecule has 1 N–H and O–H groups in total. The number of rotatable bonds is 25. The van der Waals surface area contributed by atoms with Crippen molar-refractivity contribution in [2.24, 2.45) is 0 Å². The van der Waals surface area contributed by atoms with Crippen molar-refractivity contribution in [1.82, 2.24) is 5.32 Å². The van der Waals surface area contributed by atoms with E-state index in [4.69, 9.17) is 18.9 Å². The molecule has 0 bridgehead atoms. The van der Waals surface area contributed by atoms with Crippen LogP contribution in [0.3, 0.4) is 0 Å². The summed E-state index contributed by atoms with van der Waals surface area (Å²) in [6.45, 7) is 3.61. The zero-order valence-corrected chi connectivity index (χ0v) is 24.7. The minimum atomic E-state index is -0.796. The number of alkyl carbamates (subject to hydrolysis) is 1. The van der Waals surface area contributed by atoms with Gasteiger partial charge in [-0.3, -0.25) is 0 Å². The van der Waals surface area contributed by atoms with Crippen LogP contribution in [-0.2, 0) is 25.5 Å². The Morgan fingerprint density at radius 3 is 1.77 bits per heavy atom. The van der Waals surface area contributed by atoms with E-state index in [-0.39, 0.29) is 19.8 Å². The molecule has 1 aromatic rings. The first kappa shape index (κ1) is 34.7. The van der Waals surface area contributed by atoms with Gasteiger partial charge in [-0.25, -0.2) is 14.2 Å². The fourth-order valence-corrected chi connectivity index (χ4v) is 4.31. The molecule has 1 amide bonds. The second-order valence-electron chi connectivity index (χ2n) is 10.2. The number of hydrogen-bond donors (Lipinski definition) is 1. The van der Waals surface area contributed by atoms with Crippen LogP contribution in [0.15, 0.2) is 30.6 Å². The number of pyridine rings is 1. The number of carbonyl (C=O) groups is 2. The van der Waals surface area contributed by atoms with Crippen molar-refractivity contribution in [3.05, 3.63) is 30.6 Å². The zero-order chi connectivity index (χ0) is 28.2. The second-order valence-corrected chi connectivity index (χ2v) is 10.2. The maximum Gasteiger partial charge on any atom is 0.508 e. The van der Waals surface area contributed by atoms with Gasteiger partial charge in [0.2, 0.25) is 0 Å². The average molecular weight is 552 g/mol. The molecule has 224 valence electrons. The Hall–Kier alpha value is -2.35. The van der Waals surface area contributed by atoms with E-state index >= 15 is 0 Å². The SMILES string of the molecule is CCCCCCCCCCCCCCCCCCOCC(COC(=O)OCC[n+]1ccccc1)OC(=O)NC. The van der Waals surface area contributed by atoms with Gasteiger partial charge in [-0.2, -0.15) is 0 Å². The summed E-state index contributed by atoms with van der Waals surface area (Å²) in [5.41, 5.74) is 0. The standard InChI is InChI=1S/C31H54N2O6/c1-3-4-5-6-7-8-9-10-11-12-13-14-15-16-17-21-25-36-27-29(39-30(34)32-2)28-38-31(35)37-26-24-33-22-19-18-20-23-33/h18-20,22-23,29H,3-17,21,24-28H2,1-2H3/p+1. The van der Waals surface area contributed by atoms with Gasteiger partial charge in [0.15, 0.2) is 31.6 Å². The third-order valence-corrected chi connectivity index (χ3v) is 6.66. The van der Waals surface area contributed by atoms with Crippen LogP contribution in [0, 0.1) is 0 Å². The molecule has 1 unspecified atom stereocenters. The maximum absolute atomic E-state index is 11.9. The first-order valence-electron chi connectivity index (χ1n) is 15.4. The quantitative estimate of drug-likeness (QED) is 0.0790. The molecule has 0 aromatic carbocycles. The van der Waals surface area contributed by atoms with E-state index in [2.05, 4.69) is 12.2 Å². The Morgan fingerprint density at radius 2 is 1.23 bits per heavy atom. The average Bonchev–Trinajstić information content (AvgIpc) is 2.95. The monoisotopic (exact) mass is 551 g/mol. The second kappa shape index (κ2) is 25.9. The van der Waals surface area contributed by atoms with Crippen molar-refractivity contribution in [1.29, 1.82) is 0 Å². The van der Waals surface area contributed by atoms with Crippen LogP contribution < -0.4 is 9.88 Å². The van der Waals surface area contributed by atoms with Crippen molar-refractivity contribution >= 4 is 12.2 Å². The van der Waals surface area contributed by atoms with Crippen LogP contribution in [0.1, 0.15) is 110 Å². The van der Waals surface area contributed by atoms with Crippen LogP contribution >= 0.6 is 0 Å². The number of nitrogens with one attached hydrogen (secondary N) is 1. The number of hydrogen-bond acceptors (Lipinski definition) is 6. The largest absolute Gasteiger partial charge is 0.508 e. The zero-order valence-electron chi connectivity index (χ0n) is 24.7. The smallest absolute Gasteiger partial charge is 0.440 e. The van der Waals surface area contributed by atoms with Crippen LogP contribution in [0.25, 0.3) is 0 Å². The number of amides is 1. The predicted molar refractivity (Wildman–Crippen MR) is 154 cm³/mol. The summed E-state index contributed by atoms with van der Waals surface area (Å²) >= 11 is 0. The third-order valence-electron chi connectivity index (χ3n) is 6.66. The first-order chi connectivity index (χ1) is 19.2. The number of carbonyl (C=O) groups excluding carboxylic acids is 2. The summed E-state index contributed by atoms with van der Waals surface area (Å²) in [5, 5.41) is 2.40. The summed E-state index contributed by atoms with van der Waals surface area (Å²) < 4.78 is 23.0. The van der Waals surface area contributed by atoms with Gasteiger partial charge in [0.1, 0.15) is 6.61 Å². The number of aromatic nitrogens is 1. The molecular formula is C31H55N2O6+. The third kappa shape index (κ3) is 22.2. The lowest BCUT2D eigenvalue weighted by Crippen LogP contribution is -2.36. The van der Waals surface area contributed by atoms with Gasteiger partial charge in [0.05, 0.1) is 6.61 Å². The van der Waals surface area contributed by atoms with Crippen molar-refractivity contribution in [2.45, 2.75) is 122 Å². The Bertz CT molecular complexity index is 704. The van der Waals surface area contributed by atoms with Crippen LogP contribution in [0.5, 0.6) is 0 Å². The highest BCUT2D eigenvalue weighted by Gasteiger charge is 2.17. The summed E-state index contributed by atoms with van der Waals surface area (Å²) in [5.74, 6) is 0. The lowest BCUT2D eigenvalue weighted by molar-refractivity contribution is -0.698. The molecule has 0 aliphatic carbocycles. The fourth-order valence-electron chi connectivity index (χ4n) is 4.31. The van der Waals surface area contributed by atoms with Crippen molar-refractivity contribution in [2.75, 3.05) is 33.5 Å². The Kier molecular flexibility index (Phi) is 23.0. The molecule has 1 rings (SSSR count). The summed E-state index contributed by atoms with van der Waals surface area (Å²) in [6.07, 6.45) is 22.9. The van der Waals surface area contributed by atoms with Crippen LogP contribution in [-0.4, -0.2) is 51.8 Å². The molecule has 8 nitrogen and oxygen atoms in total. The molecule has 0 fully saturated rings. The predicted octanol–water partition coefficient (Wildman–Crippen LogP) is 7.13. The topological polar surface area (TPSA) is 87.0 Å². The molecular weight excluding hydrogens is 496 g/mol. The molecule has 0 saturated carbocycles. The molecule has 0 spiro atoms. The van der Waals surface area contributed by atoms with Gasteiger partial charge in [-0.05, 0) is 6.42 Å². The lowest BCUT2D eigenvalue weighted by Gasteiger charge is -2.17. The van der Waals surface area contributed by atoms with Gasteiger partial charge in [0.25, 0.3) is 0 Å². The highest BCUT2D eigenvalue weighted by molar-refractivity contribution is 5.67. The molecule has 0 aliphatic rings. The molecule has 0 radical (unpaired) electrons. The number of unbranched alkanes of at least 4 members (excludes halogenated alkanes) is 15. The van der Waals surface area contributed by atoms with Gasteiger partial charge in [0, 0.05) is 25.8 Å². The molecule has 0 aliphatic heterocycles. The number of ether oxygens (including phenoxy) is 4. The van der Waals surface area contributed by atoms with E-state index in [1.807, 2.05) is 35.2 Å². The fraction of sp³-hybridized carbons (Fsp3) is 0.774. The van der Waals surface area contributed by atoms with Crippen LogP contribution in [0.2, 0.25) is 0 Å². The Morgan fingerprint density at radius 1 is 0.692 bits per heavy atom. The van der Waals surface area contributed by atoms with Gasteiger partial charge < -0.3 is 24.3 Å². The van der Waals surface area contributed by atoms with E-state index in [0.29, 0.717) is 13.2 Å². The molecule has 1 aromatic heterocycles. The van der Waals surface area contributed by atoms with E-state index in [1.165, 1.54) is 96.9 Å². The highest BCUT2D eigenvalue weighted by atomic mass is 16.7. The normalized spacial score (nSPS) is 11.6. The van der Waals surface area contributed by atoms with Crippen molar-refractivity contribution in [3.8, 4) is 0 Å². The maximum atomic E-state index is 11.9. The molecule has 0 saturated heterocycles. The van der Waals surface area contributed by atoms with Gasteiger partial charge >= 0.3 is 12.2 Å². The molecule has 1 atom stereocenters. The molecule has 1 heterocycles. The summed E-state index contributed by atoms with van der Waals surface area (Å²) in [4.78, 5) is 23.5.